The Labute approximate surface area is 503 Å². The fourth-order valence-electron chi connectivity index (χ4n) is 10.9. The highest BCUT2D eigenvalue weighted by atomic mass is 16.8. The van der Waals surface area contributed by atoms with Gasteiger partial charge in [-0.3, -0.25) is 4.79 Å². The molecule has 3 saturated heterocycles. The molecule has 16 heteroatoms. The van der Waals surface area contributed by atoms with Gasteiger partial charge in [-0.05, 0) is 59.4 Å². The van der Waals surface area contributed by atoms with Crippen molar-refractivity contribution in [2.75, 3.05) is 13.7 Å². The zero-order valence-corrected chi connectivity index (χ0v) is 48.8. The monoisotopic (exact) mass is 1170 g/mol. The van der Waals surface area contributed by atoms with Crippen molar-refractivity contribution in [3.05, 3.63) is 251 Å². The smallest absolute Gasteiger partial charge is 0.338 e. The molecule has 3 heterocycles. The first kappa shape index (κ1) is 62.1. The Hall–Kier alpha value is -7.00. The average Bonchev–Trinajstić information content (AvgIpc) is 1.27. The van der Waals surface area contributed by atoms with Crippen molar-refractivity contribution in [2.24, 2.45) is 0 Å². The second-order valence-corrected chi connectivity index (χ2v) is 21.5. The van der Waals surface area contributed by atoms with E-state index in [1.807, 2.05) is 202 Å². The summed E-state index contributed by atoms with van der Waals surface area (Å²) in [5.74, 6) is -1.32. The highest BCUT2D eigenvalue weighted by Gasteiger charge is 2.57. The molecular weight excluding hydrogens is 1100 g/mol. The summed E-state index contributed by atoms with van der Waals surface area (Å²) in [4.78, 5) is 28.1. The van der Waals surface area contributed by atoms with Gasteiger partial charge in [0.05, 0.1) is 64.0 Å². The van der Waals surface area contributed by atoms with E-state index in [4.69, 9.17) is 66.3 Å². The number of methoxy groups -OCH3 is 1. The maximum absolute atomic E-state index is 14.3. The second kappa shape index (κ2) is 31.6. The Balaban J connectivity index is 1.05. The zero-order valence-electron chi connectivity index (χ0n) is 48.8. The summed E-state index contributed by atoms with van der Waals surface area (Å²) < 4.78 is 95.3. The average molecular weight is 1170 g/mol. The number of ether oxygens (including phenoxy) is 14. The number of benzene rings is 7. The molecule has 3 aliphatic heterocycles. The number of hydrogen-bond donors (Lipinski definition) is 0. The van der Waals surface area contributed by atoms with Crippen molar-refractivity contribution in [2.45, 2.75) is 153 Å². The van der Waals surface area contributed by atoms with E-state index in [1.54, 1.807) is 24.3 Å². The van der Waals surface area contributed by atoms with Crippen LogP contribution >= 0.6 is 0 Å². The molecule has 452 valence electrons. The fraction of sp³-hybridized carbons (Fsp3) is 0.371. The van der Waals surface area contributed by atoms with Crippen LogP contribution in [0.15, 0.2) is 212 Å². The van der Waals surface area contributed by atoms with Crippen LogP contribution in [0.4, 0.5) is 0 Å². The van der Waals surface area contributed by atoms with Crippen molar-refractivity contribution >= 4 is 11.9 Å². The Morgan fingerprint density at radius 3 is 1.16 bits per heavy atom. The molecule has 0 amide bonds. The Bertz CT molecular complexity index is 3080. The minimum atomic E-state index is -1.47. The molecule has 0 bridgehead atoms. The Kier molecular flexibility index (Phi) is 22.8. The summed E-state index contributed by atoms with van der Waals surface area (Å²) in [6.45, 7) is 5.99. The molecule has 16 nitrogen and oxygen atoms in total. The van der Waals surface area contributed by atoms with Crippen molar-refractivity contribution in [1.82, 2.24) is 0 Å². The van der Waals surface area contributed by atoms with Crippen LogP contribution in [0, 0.1) is 0 Å². The first-order chi connectivity index (χ1) is 42.2. The third kappa shape index (κ3) is 16.9. The zero-order chi connectivity index (χ0) is 59.5. The van der Waals surface area contributed by atoms with Crippen molar-refractivity contribution < 1.29 is 75.9 Å². The number of carbonyl (C=O) groups is 2. The number of esters is 2. The van der Waals surface area contributed by atoms with Crippen LogP contribution in [-0.4, -0.2) is 118 Å². The first-order valence-corrected chi connectivity index (χ1v) is 29.3. The van der Waals surface area contributed by atoms with Gasteiger partial charge in [-0.1, -0.05) is 200 Å². The van der Waals surface area contributed by atoms with E-state index in [2.05, 4.69) is 0 Å². The van der Waals surface area contributed by atoms with Crippen LogP contribution in [0.25, 0.3) is 0 Å². The first-order valence-electron chi connectivity index (χ1n) is 29.3. The molecule has 15 atom stereocenters. The van der Waals surface area contributed by atoms with E-state index < -0.39 is 104 Å². The number of rotatable bonds is 27. The van der Waals surface area contributed by atoms with Gasteiger partial charge in [0.2, 0.25) is 0 Å². The lowest BCUT2D eigenvalue weighted by Crippen LogP contribution is -2.67. The van der Waals surface area contributed by atoms with Crippen LogP contribution in [0.3, 0.4) is 0 Å². The summed E-state index contributed by atoms with van der Waals surface area (Å²) in [7, 11) is 1.46. The molecule has 3 fully saturated rings. The van der Waals surface area contributed by atoms with Crippen LogP contribution in [0.1, 0.15) is 64.5 Å². The third-order valence-electron chi connectivity index (χ3n) is 15.2. The van der Waals surface area contributed by atoms with E-state index in [1.165, 1.54) is 14.0 Å². The van der Waals surface area contributed by atoms with Gasteiger partial charge in [0, 0.05) is 14.0 Å². The summed E-state index contributed by atoms with van der Waals surface area (Å²) in [5.41, 5.74) is 5.73. The van der Waals surface area contributed by atoms with Crippen LogP contribution in [-0.2, 0) is 111 Å². The second-order valence-electron chi connectivity index (χ2n) is 21.5. The topological polar surface area (TPSA) is 163 Å². The third-order valence-corrected chi connectivity index (χ3v) is 15.2. The molecule has 7 aromatic carbocycles. The van der Waals surface area contributed by atoms with E-state index in [0.717, 1.165) is 33.4 Å². The molecular formula is C70H76O16. The highest BCUT2D eigenvalue weighted by molar-refractivity contribution is 5.89. The molecule has 0 unspecified atom stereocenters. The highest BCUT2D eigenvalue weighted by Crippen LogP contribution is 2.39. The Morgan fingerprint density at radius 1 is 0.360 bits per heavy atom. The van der Waals surface area contributed by atoms with Gasteiger partial charge in [0.1, 0.15) is 42.7 Å². The SMILES string of the molecule is CO[C@H]1O[C@@H](C)[C@H](OCc2ccccc2)[C@H](OC(=O)c2ccccc2)[C@H]1O[C@@H]1O[C@H](C)[C@@H](OCc2ccccc2)[C@@H](O[C@H]2O[C@@H](COCc3ccccc3)[C@H](OCc3ccccc3)[C@@H](OCc3ccccc3)[C@H]2OCc2ccccc2)[C@@H]1OC(C)=O. The van der Waals surface area contributed by atoms with E-state index in [-0.39, 0.29) is 46.2 Å². The summed E-state index contributed by atoms with van der Waals surface area (Å²) in [5, 5.41) is 0. The molecule has 10 rings (SSSR count). The van der Waals surface area contributed by atoms with Crippen LogP contribution < -0.4 is 0 Å². The van der Waals surface area contributed by atoms with Crippen molar-refractivity contribution in [1.29, 1.82) is 0 Å². The van der Waals surface area contributed by atoms with Gasteiger partial charge in [-0.25, -0.2) is 4.79 Å². The lowest BCUT2D eigenvalue weighted by Gasteiger charge is -2.51. The molecule has 86 heavy (non-hydrogen) atoms. The van der Waals surface area contributed by atoms with Gasteiger partial charge in [-0.2, -0.15) is 0 Å². The van der Waals surface area contributed by atoms with Gasteiger partial charge < -0.3 is 66.3 Å². The quantitative estimate of drug-likeness (QED) is 0.0446. The van der Waals surface area contributed by atoms with Gasteiger partial charge in [0.15, 0.2) is 37.2 Å². The van der Waals surface area contributed by atoms with Gasteiger partial charge in [0.25, 0.3) is 0 Å². The maximum atomic E-state index is 14.3. The maximum Gasteiger partial charge on any atom is 0.338 e. The standard InChI is InChI=1S/C70H76O16/c1-47-58(75-41-51-28-14-6-15-29-51)62(84-67(72)56-38-24-11-25-39-56)65(68(73-4)80-47)86-70-66(82-49(3)71)63(59(48(2)81-70)76-42-52-30-16-7-17-31-52)85-69-64(79-45-55-36-22-10-23-37-55)61(78-44-54-34-20-9-21-35-54)60(77-43-53-32-18-8-19-33-53)57(83-69)46-74-40-50-26-12-5-13-27-50/h5-39,47-48,57-66,68-70H,40-46H2,1-4H3/t47-,48+,57-,58-,59+,60-,61+,62-,63+,64+,65+,66-,68-,69+,70-/m0/s1. The predicted octanol–water partition coefficient (Wildman–Crippen LogP) is 10.9. The van der Waals surface area contributed by atoms with E-state index >= 15 is 0 Å². The number of hydrogen-bond acceptors (Lipinski definition) is 16. The fourth-order valence-corrected chi connectivity index (χ4v) is 10.9. The number of carbonyl (C=O) groups excluding carboxylic acids is 2. The predicted molar refractivity (Wildman–Crippen MR) is 316 cm³/mol. The molecule has 0 spiro atoms. The molecule has 3 aliphatic rings. The normalized spacial score (nSPS) is 27.4. The van der Waals surface area contributed by atoms with Crippen molar-refractivity contribution in [3.8, 4) is 0 Å². The van der Waals surface area contributed by atoms with Crippen LogP contribution in [0.5, 0.6) is 0 Å². The molecule has 0 N–H and O–H groups in total. The molecule has 0 aromatic heterocycles. The summed E-state index contributed by atoms with van der Waals surface area (Å²) in [6, 6.07) is 67.3. The van der Waals surface area contributed by atoms with Crippen LogP contribution in [0.2, 0.25) is 0 Å². The van der Waals surface area contributed by atoms with E-state index in [9.17, 15) is 9.59 Å². The van der Waals surface area contributed by atoms with Crippen molar-refractivity contribution in [3.63, 3.8) is 0 Å². The minimum Gasteiger partial charge on any atom is -0.454 e. The largest absolute Gasteiger partial charge is 0.454 e. The molecule has 7 aromatic rings. The minimum absolute atomic E-state index is 0.0388. The molecule has 0 saturated carbocycles. The van der Waals surface area contributed by atoms with Gasteiger partial charge in [-0.15, -0.1) is 0 Å². The molecule has 0 radical (unpaired) electrons. The summed E-state index contributed by atoms with van der Waals surface area (Å²) in [6.07, 6.45) is -16.0. The molecule has 0 aliphatic carbocycles. The summed E-state index contributed by atoms with van der Waals surface area (Å²) >= 11 is 0. The van der Waals surface area contributed by atoms with E-state index in [0.29, 0.717) is 5.56 Å². The lowest BCUT2D eigenvalue weighted by atomic mass is 9.95. The lowest BCUT2D eigenvalue weighted by molar-refractivity contribution is -0.389. The Morgan fingerprint density at radius 2 is 0.721 bits per heavy atom. The van der Waals surface area contributed by atoms with Gasteiger partial charge >= 0.3 is 11.9 Å².